The molecule has 5 rings (SSSR count). The number of hydrogen-bond acceptors (Lipinski definition) is 8. The van der Waals surface area contributed by atoms with Crippen LogP contribution in [0.3, 0.4) is 0 Å². The minimum atomic E-state index is -2.23. The van der Waals surface area contributed by atoms with Crippen LogP contribution in [-0.2, 0) is 15.8 Å². The first-order valence-corrected chi connectivity index (χ1v) is 18.9. The number of amides is 2. The zero-order chi connectivity index (χ0) is 37.2. The van der Waals surface area contributed by atoms with Crippen LogP contribution < -0.4 is 10.5 Å². The average Bonchev–Trinajstić information content (AvgIpc) is 3.03. The van der Waals surface area contributed by atoms with Crippen LogP contribution in [-0.4, -0.2) is 77.9 Å². The molecule has 2 amide bonds. The lowest BCUT2D eigenvalue weighted by Crippen LogP contribution is -2.60. The summed E-state index contributed by atoms with van der Waals surface area (Å²) < 4.78 is 33.9. The van der Waals surface area contributed by atoms with Gasteiger partial charge in [0.25, 0.3) is 5.91 Å². The summed E-state index contributed by atoms with van der Waals surface area (Å²) in [6.07, 6.45) is 3.61. The van der Waals surface area contributed by atoms with E-state index in [-0.39, 0.29) is 54.3 Å². The van der Waals surface area contributed by atoms with Crippen LogP contribution in [0.1, 0.15) is 95.2 Å². The average molecular weight is 722 g/mol. The van der Waals surface area contributed by atoms with Gasteiger partial charge in [-0.25, -0.2) is 14.0 Å². The number of likely N-dealkylation sites (tertiary alicyclic amines) is 1. The molecule has 3 N–H and O–H groups in total. The van der Waals surface area contributed by atoms with Crippen molar-refractivity contribution in [3.05, 3.63) is 64.7 Å². The fourth-order valence-electron chi connectivity index (χ4n) is 7.62. The summed E-state index contributed by atoms with van der Waals surface area (Å²) in [5.41, 5.74) is 10.7. The third-order valence-electron chi connectivity index (χ3n) is 10.1. The first-order valence-electron chi connectivity index (χ1n) is 17.8. The fraction of sp³-hybridized carbons (Fsp3) is 0.538. The number of carbonyl (C=O) groups is 2. The van der Waals surface area contributed by atoms with Gasteiger partial charge in [-0.05, 0) is 114 Å². The smallest absolute Gasteiger partial charge is 0.410 e. The maximum Gasteiger partial charge on any atom is 0.410 e. The zero-order valence-corrected chi connectivity index (χ0v) is 32.0. The number of anilines is 1. The molecule has 51 heavy (non-hydrogen) atoms. The third kappa shape index (κ3) is 8.89. The molecule has 2 heterocycles. The molecular weight excluding hydrogens is 667 g/mol. The van der Waals surface area contributed by atoms with Gasteiger partial charge >= 0.3 is 6.09 Å². The van der Waals surface area contributed by atoms with E-state index in [9.17, 15) is 18.4 Å². The highest BCUT2D eigenvalue weighted by atomic mass is 32.2. The Morgan fingerprint density at radius 2 is 1.71 bits per heavy atom. The van der Waals surface area contributed by atoms with Gasteiger partial charge in [-0.15, -0.1) is 0 Å². The lowest BCUT2D eigenvalue weighted by molar-refractivity contribution is -0.0555. The number of nitrogens with zero attached hydrogens (tertiary/aromatic N) is 4. The van der Waals surface area contributed by atoms with Crippen molar-refractivity contribution in [3.8, 4) is 17.1 Å². The quantitative estimate of drug-likeness (QED) is 0.202. The van der Waals surface area contributed by atoms with Gasteiger partial charge in [-0.3, -0.25) is 4.79 Å². The molecule has 11 nitrogen and oxygen atoms in total. The van der Waals surface area contributed by atoms with E-state index in [0.717, 1.165) is 47.9 Å². The van der Waals surface area contributed by atoms with Crippen LogP contribution in [0, 0.1) is 32.1 Å². The molecule has 1 saturated heterocycles. The SMILES string of the molecule is Cc1cccc(C)c1-c1nc(N)nc(OC[C@@H](CC(C)C)N(C(=O)c2cccc(S(=O)O)c2)C2CC3(CCN(C(=O)OC(C)(C)C)CC3)C2)c1C.[HH]. The number of nitrogens with two attached hydrogens (primary N) is 1. The van der Waals surface area contributed by atoms with Crippen LogP contribution in [0.25, 0.3) is 11.3 Å². The lowest BCUT2D eigenvalue weighted by atomic mass is 9.59. The summed E-state index contributed by atoms with van der Waals surface area (Å²) in [5.74, 6) is 0.503. The van der Waals surface area contributed by atoms with E-state index >= 15 is 0 Å². The normalized spacial score (nSPS) is 17.2. The van der Waals surface area contributed by atoms with Gasteiger partial charge in [-0.2, -0.15) is 4.98 Å². The summed E-state index contributed by atoms with van der Waals surface area (Å²) in [6, 6.07) is 12.0. The predicted octanol–water partition coefficient (Wildman–Crippen LogP) is 7.59. The number of carbonyl (C=O) groups excluding carboxylic acids is 2. The van der Waals surface area contributed by atoms with E-state index in [1.807, 2.05) is 64.6 Å². The second-order valence-electron chi connectivity index (χ2n) is 15.7. The summed E-state index contributed by atoms with van der Waals surface area (Å²) in [7, 11) is 0. The second kappa shape index (κ2) is 15.3. The number of piperidine rings is 1. The molecule has 1 saturated carbocycles. The molecule has 3 aromatic rings. The Bertz CT molecular complexity index is 1760. The minimum absolute atomic E-state index is 0. The standard InChI is InChI=1S/C39H53N5O6S.H2/c1-24(2)19-29(23-49-34-27(5)33(41-36(40)42-34)32-25(3)11-9-12-26(32)4)44(35(45)28-13-10-14-31(20-28)51(47)48)30-21-39(22-30)15-17-43(18-16-39)37(46)50-38(6,7)8;/h9-14,20,24,29-30H,15-19,21-23H2,1-8H3,(H,47,48)(H2,40,41,42);1H/t29-;/m1./s1. The Morgan fingerprint density at radius 1 is 1.08 bits per heavy atom. The van der Waals surface area contributed by atoms with Crippen LogP contribution >= 0.6 is 0 Å². The Morgan fingerprint density at radius 3 is 2.29 bits per heavy atom. The monoisotopic (exact) mass is 721 g/mol. The molecule has 1 aromatic heterocycles. The van der Waals surface area contributed by atoms with Crippen LogP contribution in [0.5, 0.6) is 5.88 Å². The van der Waals surface area contributed by atoms with Gasteiger partial charge < -0.3 is 29.6 Å². The number of aryl methyl sites for hydroxylation is 2. The lowest BCUT2D eigenvalue weighted by Gasteiger charge is -2.56. The maximum atomic E-state index is 14.5. The molecule has 12 heteroatoms. The summed E-state index contributed by atoms with van der Waals surface area (Å²) in [5, 5.41) is 0. The second-order valence-corrected chi connectivity index (χ2v) is 16.7. The van der Waals surface area contributed by atoms with Gasteiger partial charge in [0, 0.05) is 37.2 Å². The highest BCUT2D eigenvalue weighted by Crippen LogP contribution is 2.52. The summed E-state index contributed by atoms with van der Waals surface area (Å²) >= 11 is -2.23. The number of nitrogen functional groups attached to an aromatic ring is 1. The van der Waals surface area contributed by atoms with Crippen molar-refractivity contribution in [1.82, 2.24) is 19.8 Å². The summed E-state index contributed by atoms with van der Waals surface area (Å²) in [6.45, 7) is 17.2. The molecule has 2 atom stereocenters. The first-order chi connectivity index (χ1) is 24.0. The fourth-order valence-corrected chi connectivity index (χ4v) is 8.04. The largest absolute Gasteiger partial charge is 0.475 e. The van der Waals surface area contributed by atoms with Crippen molar-refractivity contribution < 1.29 is 29.3 Å². The van der Waals surface area contributed by atoms with Crippen molar-refractivity contribution in [2.24, 2.45) is 11.3 Å². The van der Waals surface area contributed by atoms with E-state index in [1.54, 1.807) is 23.1 Å². The molecule has 1 aliphatic heterocycles. The van der Waals surface area contributed by atoms with E-state index in [0.29, 0.717) is 36.6 Å². The number of hydrogen-bond donors (Lipinski definition) is 2. The van der Waals surface area contributed by atoms with Crippen molar-refractivity contribution in [2.45, 2.75) is 110 Å². The number of rotatable bonds is 10. The maximum absolute atomic E-state index is 14.5. The Labute approximate surface area is 306 Å². The third-order valence-corrected chi connectivity index (χ3v) is 10.8. The molecule has 1 aliphatic carbocycles. The molecule has 2 fully saturated rings. The Hall–Kier alpha value is -4.03. The topological polar surface area (TPSA) is 148 Å². The van der Waals surface area contributed by atoms with Crippen LogP contribution in [0.15, 0.2) is 47.4 Å². The molecule has 0 bridgehead atoms. The highest BCUT2D eigenvalue weighted by molar-refractivity contribution is 7.79. The van der Waals surface area contributed by atoms with Gasteiger partial charge in [-0.1, -0.05) is 38.1 Å². The number of aromatic nitrogens is 2. The molecule has 2 aliphatic rings. The number of benzene rings is 2. The summed E-state index contributed by atoms with van der Waals surface area (Å²) in [4.78, 5) is 40.3. The number of ether oxygens (including phenoxy) is 2. The van der Waals surface area contributed by atoms with Crippen molar-refractivity contribution in [1.29, 1.82) is 0 Å². The first kappa shape index (κ1) is 38.2. The molecular formula is C39H55N5O6S. The van der Waals surface area contributed by atoms with Gasteiger partial charge in [0.1, 0.15) is 12.2 Å². The highest BCUT2D eigenvalue weighted by Gasteiger charge is 2.51. The van der Waals surface area contributed by atoms with E-state index < -0.39 is 16.7 Å². The van der Waals surface area contributed by atoms with E-state index in [4.69, 9.17) is 15.2 Å². The zero-order valence-electron chi connectivity index (χ0n) is 31.2. The van der Waals surface area contributed by atoms with Crippen molar-refractivity contribution in [3.63, 3.8) is 0 Å². The molecule has 2 aromatic carbocycles. The van der Waals surface area contributed by atoms with Crippen LogP contribution in [0.4, 0.5) is 10.7 Å². The molecule has 0 radical (unpaired) electrons. The molecule has 1 unspecified atom stereocenters. The van der Waals surface area contributed by atoms with Gasteiger partial charge in [0.05, 0.1) is 16.6 Å². The van der Waals surface area contributed by atoms with E-state index in [1.165, 1.54) is 6.07 Å². The molecule has 278 valence electrons. The Balaban J connectivity index is 0.00000605. The minimum Gasteiger partial charge on any atom is -0.475 e. The van der Waals surface area contributed by atoms with Crippen molar-refractivity contribution in [2.75, 3.05) is 25.4 Å². The van der Waals surface area contributed by atoms with Gasteiger partial charge in [0.2, 0.25) is 11.8 Å². The van der Waals surface area contributed by atoms with Crippen LogP contribution in [0.2, 0.25) is 0 Å². The molecule has 1 spiro atoms. The van der Waals surface area contributed by atoms with E-state index in [2.05, 4.69) is 23.8 Å². The predicted molar refractivity (Wildman–Crippen MR) is 201 cm³/mol. The van der Waals surface area contributed by atoms with Gasteiger partial charge in [0.15, 0.2) is 11.1 Å². The van der Waals surface area contributed by atoms with Crippen molar-refractivity contribution >= 4 is 29.0 Å². The Kier molecular flexibility index (Phi) is 11.5.